The lowest BCUT2D eigenvalue weighted by Crippen LogP contribution is -2.46. The van der Waals surface area contributed by atoms with Crippen LogP contribution in [0, 0.1) is 5.82 Å². The number of rotatable bonds is 5. The summed E-state index contributed by atoms with van der Waals surface area (Å²) in [5, 5.41) is 3.31. The minimum absolute atomic E-state index is 0. The number of piperidine rings is 1. The summed E-state index contributed by atoms with van der Waals surface area (Å²) >= 11 is 5.79. The van der Waals surface area contributed by atoms with E-state index in [-0.39, 0.29) is 28.4 Å². The van der Waals surface area contributed by atoms with Crippen LogP contribution in [0.1, 0.15) is 26.2 Å². The molecule has 1 fully saturated rings. The van der Waals surface area contributed by atoms with E-state index in [4.69, 9.17) is 11.6 Å². The third-order valence-corrected chi connectivity index (χ3v) is 5.75. The zero-order chi connectivity index (χ0) is 15.5. The Bertz CT molecular complexity index is 572. The Hall–Kier alpha value is -0.400. The topological polar surface area (TPSA) is 49.4 Å². The van der Waals surface area contributed by atoms with Crippen molar-refractivity contribution >= 4 is 34.0 Å². The summed E-state index contributed by atoms with van der Waals surface area (Å²) in [6, 6.07) is 3.41. The Balaban J connectivity index is 0.00000242. The molecule has 0 unspecified atom stereocenters. The van der Waals surface area contributed by atoms with E-state index in [1.807, 2.05) is 6.92 Å². The maximum absolute atomic E-state index is 13.5. The highest BCUT2D eigenvalue weighted by molar-refractivity contribution is 7.89. The number of nitrogens with one attached hydrogen (secondary N) is 1. The molecule has 1 aromatic rings. The van der Waals surface area contributed by atoms with Crippen molar-refractivity contribution in [2.45, 2.75) is 37.1 Å². The average Bonchev–Trinajstić information content (AvgIpc) is 2.44. The first-order valence-corrected chi connectivity index (χ1v) is 8.95. The van der Waals surface area contributed by atoms with Crippen molar-refractivity contribution in [3.8, 4) is 0 Å². The van der Waals surface area contributed by atoms with Crippen molar-refractivity contribution < 1.29 is 12.8 Å². The molecule has 4 nitrogen and oxygen atoms in total. The molecule has 8 heteroatoms. The van der Waals surface area contributed by atoms with Crippen molar-refractivity contribution in [3.63, 3.8) is 0 Å². The van der Waals surface area contributed by atoms with Crippen LogP contribution in [-0.2, 0) is 10.0 Å². The van der Waals surface area contributed by atoms with Gasteiger partial charge in [0.15, 0.2) is 0 Å². The highest BCUT2D eigenvalue weighted by Crippen LogP contribution is 2.25. The summed E-state index contributed by atoms with van der Waals surface area (Å²) < 4.78 is 40.6. The Morgan fingerprint density at radius 2 is 1.95 bits per heavy atom. The molecule has 1 aliphatic heterocycles. The van der Waals surface area contributed by atoms with Crippen LogP contribution in [0.25, 0.3) is 0 Å². The minimum Gasteiger partial charge on any atom is -0.317 e. The van der Waals surface area contributed by atoms with Crippen LogP contribution in [0.2, 0.25) is 5.02 Å². The van der Waals surface area contributed by atoms with Crippen molar-refractivity contribution in [2.24, 2.45) is 0 Å². The van der Waals surface area contributed by atoms with Gasteiger partial charge in [0.2, 0.25) is 10.0 Å². The summed E-state index contributed by atoms with van der Waals surface area (Å²) in [4.78, 5) is -0.0699. The third-order valence-electron chi connectivity index (χ3n) is 3.60. The maximum atomic E-state index is 13.5. The van der Waals surface area contributed by atoms with E-state index < -0.39 is 15.8 Å². The van der Waals surface area contributed by atoms with Gasteiger partial charge in [-0.25, -0.2) is 12.8 Å². The molecule has 0 bridgehead atoms. The van der Waals surface area contributed by atoms with Crippen LogP contribution in [0.15, 0.2) is 23.1 Å². The second kappa shape index (κ2) is 8.45. The number of sulfonamides is 1. The quantitative estimate of drug-likeness (QED) is 0.866. The lowest BCUT2D eigenvalue weighted by molar-refractivity contribution is 0.262. The molecule has 1 heterocycles. The predicted octanol–water partition coefficient (Wildman–Crippen LogP) is 3.05. The van der Waals surface area contributed by atoms with Gasteiger partial charge < -0.3 is 5.32 Å². The van der Waals surface area contributed by atoms with Crippen LogP contribution in [0.5, 0.6) is 0 Å². The van der Waals surface area contributed by atoms with Crippen LogP contribution < -0.4 is 5.32 Å². The Morgan fingerprint density at radius 3 is 2.50 bits per heavy atom. The summed E-state index contributed by atoms with van der Waals surface area (Å²) in [6.45, 7) is 3.96. The van der Waals surface area contributed by atoms with E-state index in [0.29, 0.717) is 13.0 Å². The van der Waals surface area contributed by atoms with Gasteiger partial charge in [-0.15, -0.1) is 12.4 Å². The number of benzene rings is 1. The molecule has 0 aliphatic carbocycles. The average molecular weight is 371 g/mol. The van der Waals surface area contributed by atoms with E-state index in [9.17, 15) is 12.8 Å². The predicted molar refractivity (Wildman–Crippen MR) is 88.7 cm³/mol. The molecule has 0 radical (unpaired) electrons. The van der Waals surface area contributed by atoms with Gasteiger partial charge in [-0.2, -0.15) is 4.31 Å². The largest absolute Gasteiger partial charge is 0.317 e. The SMILES string of the molecule is CCCN(C1CCNCC1)S(=O)(=O)c1cc(F)cc(Cl)c1.Cl. The zero-order valence-corrected chi connectivity index (χ0v) is 14.8. The Kier molecular flexibility index (Phi) is 7.55. The molecule has 0 atom stereocenters. The first-order valence-electron chi connectivity index (χ1n) is 7.14. The summed E-state index contributed by atoms with van der Waals surface area (Å²) in [5.41, 5.74) is 0. The number of hydrogen-bond acceptors (Lipinski definition) is 3. The highest BCUT2D eigenvalue weighted by atomic mass is 35.5. The van der Waals surface area contributed by atoms with Crippen LogP contribution in [0.4, 0.5) is 4.39 Å². The van der Waals surface area contributed by atoms with E-state index in [0.717, 1.165) is 38.1 Å². The minimum atomic E-state index is -3.73. The second-order valence-corrected chi connectivity index (χ2v) is 7.53. The molecule has 1 aliphatic rings. The van der Waals surface area contributed by atoms with Crippen LogP contribution in [0.3, 0.4) is 0 Å². The van der Waals surface area contributed by atoms with Gasteiger partial charge in [0, 0.05) is 17.6 Å². The van der Waals surface area contributed by atoms with Crippen LogP contribution >= 0.6 is 24.0 Å². The fraction of sp³-hybridized carbons (Fsp3) is 0.571. The monoisotopic (exact) mass is 370 g/mol. The molecule has 126 valence electrons. The molecular weight excluding hydrogens is 350 g/mol. The molecule has 1 saturated heterocycles. The fourth-order valence-corrected chi connectivity index (χ4v) is 4.75. The van der Waals surface area contributed by atoms with Gasteiger partial charge >= 0.3 is 0 Å². The van der Waals surface area contributed by atoms with Crippen molar-refractivity contribution in [2.75, 3.05) is 19.6 Å². The standard InChI is InChI=1S/C14H20ClFN2O2S.ClH/c1-2-7-18(13-3-5-17-6-4-13)21(19,20)14-9-11(15)8-12(16)10-14;/h8-10,13,17H,2-7H2,1H3;1H. The molecule has 0 aromatic heterocycles. The van der Waals surface area contributed by atoms with Gasteiger partial charge in [-0.1, -0.05) is 18.5 Å². The smallest absolute Gasteiger partial charge is 0.243 e. The Labute approximate surface area is 142 Å². The van der Waals surface area contributed by atoms with Gasteiger partial charge in [0.25, 0.3) is 0 Å². The lowest BCUT2D eigenvalue weighted by atomic mass is 10.1. The molecule has 22 heavy (non-hydrogen) atoms. The van der Waals surface area contributed by atoms with E-state index in [2.05, 4.69) is 5.32 Å². The first-order chi connectivity index (χ1) is 9.95. The van der Waals surface area contributed by atoms with Crippen molar-refractivity contribution in [1.82, 2.24) is 9.62 Å². The maximum Gasteiger partial charge on any atom is 0.243 e. The van der Waals surface area contributed by atoms with Gasteiger partial charge in [0.05, 0.1) is 4.90 Å². The zero-order valence-electron chi connectivity index (χ0n) is 12.4. The van der Waals surface area contributed by atoms with E-state index in [1.54, 1.807) is 0 Å². The normalized spacial score (nSPS) is 16.5. The summed E-state index contributed by atoms with van der Waals surface area (Å²) in [6.07, 6.45) is 2.25. The van der Waals surface area contributed by atoms with E-state index in [1.165, 1.54) is 10.4 Å². The third kappa shape index (κ3) is 4.55. The molecular formula is C14H21Cl2FN2O2S. The van der Waals surface area contributed by atoms with Gasteiger partial charge in [0.1, 0.15) is 5.82 Å². The summed E-state index contributed by atoms with van der Waals surface area (Å²) in [5.74, 6) is -0.636. The Morgan fingerprint density at radius 1 is 1.32 bits per heavy atom. The number of nitrogens with zero attached hydrogens (tertiary/aromatic N) is 1. The van der Waals surface area contributed by atoms with E-state index >= 15 is 0 Å². The van der Waals surface area contributed by atoms with Crippen LogP contribution in [-0.4, -0.2) is 38.4 Å². The van der Waals surface area contributed by atoms with Crippen molar-refractivity contribution in [3.05, 3.63) is 29.0 Å². The van der Waals surface area contributed by atoms with Crippen molar-refractivity contribution in [1.29, 1.82) is 0 Å². The van der Waals surface area contributed by atoms with Gasteiger partial charge in [-0.3, -0.25) is 0 Å². The molecule has 0 saturated carbocycles. The lowest BCUT2D eigenvalue weighted by Gasteiger charge is -2.33. The molecule has 2 rings (SSSR count). The molecule has 0 amide bonds. The first kappa shape index (κ1) is 19.6. The second-order valence-electron chi connectivity index (χ2n) is 5.20. The molecule has 0 spiro atoms. The number of halogens is 3. The number of hydrogen-bond donors (Lipinski definition) is 1. The highest BCUT2D eigenvalue weighted by Gasteiger charge is 2.32. The summed E-state index contributed by atoms with van der Waals surface area (Å²) in [7, 11) is -3.73. The van der Waals surface area contributed by atoms with Gasteiger partial charge in [-0.05, 0) is 50.6 Å². The molecule has 1 N–H and O–H groups in total. The fourth-order valence-electron chi connectivity index (χ4n) is 2.63. The molecule has 1 aromatic carbocycles.